The number of hydrogen-bond donors (Lipinski definition) is 0. The fourth-order valence-corrected chi connectivity index (χ4v) is 2.33. The van der Waals surface area contributed by atoms with E-state index in [-0.39, 0.29) is 18.1 Å². The lowest BCUT2D eigenvalue weighted by atomic mass is 9.99. The smallest absolute Gasteiger partial charge is 0.227 e. The summed E-state index contributed by atoms with van der Waals surface area (Å²) in [5.41, 5.74) is 0.496. The Balaban J connectivity index is 1.99. The van der Waals surface area contributed by atoms with Gasteiger partial charge in [-0.25, -0.2) is 4.39 Å². The maximum Gasteiger partial charge on any atom is 0.227 e. The molecule has 0 unspecified atom stereocenters. The van der Waals surface area contributed by atoms with Gasteiger partial charge in [-0.2, -0.15) is 0 Å². The van der Waals surface area contributed by atoms with Crippen LogP contribution in [0.2, 0.25) is 0 Å². The van der Waals surface area contributed by atoms with E-state index >= 15 is 0 Å². The maximum atomic E-state index is 13.4. The lowest BCUT2D eigenvalue weighted by Crippen LogP contribution is -2.40. The van der Waals surface area contributed by atoms with Crippen molar-refractivity contribution >= 4 is 5.91 Å². The standard InChI is InChI=1S/C14H18FNO/c1-11-5-4-8-16(10-11)14(17)9-12-6-2-3-7-13(12)15/h2-3,6-7,11H,4-5,8-10H2,1H3/t11-/m1/s1. The van der Waals surface area contributed by atoms with Crippen molar-refractivity contribution in [3.8, 4) is 0 Å². The number of carbonyl (C=O) groups excluding carboxylic acids is 1. The molecule has 1 fully saturated rings. The number of carbonyl (C=O) groups is 1. The average molecular weight is 235 g/mol. The van der Waals surface area contributed by atoms with Crippen LogP contribution in [0.5, 0.6) is 0 Å². The van der Waals surface area contributed by atoms with Crippen LogP contribution in [0.1, 0.15) is 25.3 Å². The predicted molar refractivity (Wildman–Crippen MR) is 65.1 cm³/mol. The minimum absolute atomic E-state index is 0.0432. The van der Waals surface area contributed by atoms with Gasteiger partial charge in [-0.1, -0.05) is 25.1 Å². The van der Waals surface area contributed by atoms with Gasteiger partial charge in [0, 0.05) is 13.1 Å². The van der Waals surface area contributed by atoms with Crippen molar-refractivity contribution in [3.63, 3.8) is 0 Å². The molecule has 1 atom stereocenters. The largest absolute Gasteiger partial charge is 0.342 e. The Labute approximate surface area is 101 Å². The van der Waals surface area contributed by atoms with Crippen LogP contribution in [0.4, 0.5) is 4.39 Å². The van der Waals surface area contributed by atoms with Crippen LogP contribution in [0.3, 0.4) is 0 Å². The van der Waals surface area contributed by atoms with Gasteiger partial charge in [-0.05, 0) is 30.4 Å². The molecule has 1 aromatic carbocycles. The van der Waals surface area contributed by atoms with Crippen LogP contribution in [0.15, 0.2) is 24.3 Å². The van der Waals surface area contributed by atoms with Crippen LogP contribution in [0, 0.1) is 11.7 Å². The van der Waals surface area contributed by atoms with Crippen molar-refractivity contribution in [3.05, 3.63) is 35.6 Å². The number of piperidine rings is 1. The zero-order valence-corrected chi connectivity index (χ0v) is 10.2. The molecular formula is C14H18FNO. The number of amides is 1. The average Bonchev–Trinajstić information content (AvgIpc) is 2.32. The Kier molecular flexibility index (Phi) is 3.77. The summed E-state index contributed by atoms with van der Waals surface area (Å²) < 4.78 is 13.4. The van der Waals surface area contributed by atoms with E-state index in [1.807, 2.05) is 4.90 Å². The van der Waals surface area contributed by atoms with E-state index in [9.17, 15) is 9.18 Å². The molecule has 0 N–H and O–H groups in total. The molecule has 92 valence electrons. The van der Waals surface area contributed by atoms with E-state index in [1.54, 1.807) is 18.2 Å². The van der Waals surface area contributed by atoms with Gasteiger partial charge in [0.25, 0.3) is 0 Å². The lowest BCUT2D eigenvalue weighted by Gasteiger charge is -2.31. The topological polar surface area (TPSA) is 20.3 Å². The van der Waals surface area contributed by atoms with E-state index < -0.39 is 0 Å². The van der Waals surface area contributed by atoms with Crippen molar-refractivity contribution in [2.24, 2.45) is 5.92 Å². The summed E-state index contributed by atoms with van der Waals surface area (Å²) in [6, 6.07) is 6.50. The third-order valence-corrected chi connectivity index (χ3v) is 3.31. The highest BCUT2D eigenvalue weighted by atomic mass is 19.1. The third kappa shape index (κ3) is 3.05. The Hall–Kier alpha value is -1.38. The first kappa shape index (κ1) is 12.1. The predicted octanol–water partition coefficient (Wildman–Crippen LogP) is 2.63. The molecule has 1 aliphatic rings. The summed E-state index contributed by atoms with van der Waals surface area (Å²) >= 11 is 0. The Morgan fingerprint density at radius 3 is 2.94 bits per heavy atom. The Bertz CT molecular complexity index is 405. The second-order valence-corrected chi connectivity index (χ2v) is 4.86. The molecule has 1 amide bonds. The molecule has 0 saturated carbocycles. The molecule has 2 nitrogen and oxygen atoms in total. The minimum Gasteiger partial charge on any atom is -0.342 e. The van der Waals surface area contributed by atoms with Gasteiger partial charge >= 0.3 is 0 Å². The fraction of sp³-hybridized carbons (Fsp3) is 0.500. The Morgan fingerprint density at radius 1 is 1.47 bits per heavy atom. The highest BCUT2D eigenvalue weighted by molar-refractivity contribution is 5.78. The van der Waals surface area contributed by atoms with Crippen LogP contribution in [-0.4, -0.2) is 23.9 Å². The molecule has 3 heteroatoms. The summed E-state index contributed by atoms with van der Waals surface area (Å²) in [6.45, 7) is 3.79. The summed E-state index contributed by atoms with van der Waals surface area (Å²) in [5.74, 6) is 0.320. The van der Waals surface area contributed by atoms with Crippen LogP contribution in [0.25, 0.3) is 0 Å². The molecule has 0 aromatic heterocycles. The van der Waals surface area contributed by atoms with Crippen molar-refractivity contribution in [2.45, 2.75) is 26.2 Å². The zero-order chi connectivity index (χ0) is 12.3. The van der Waals surface area contributed by atoms with Gasteiger partial charge in [0.15, 0.2) is 0 Å². The summed E-state index contributed by atoms with van der Waals surface area (Å²) in [7, 11) is 0. The van der Waals surface area contributed by atoms with Gasteiger partial charge in [0.2, 0.25) is 5.91 Å². The first-order valence-corrected chi connectivity index (χ1v) is 6.18. The number of benzene rings is 1. The molecular weight excluding hydrogens is 217 g/mol. The third-order valence-electron chi connectivity index (χ3n) is 3.31. The molecule has 0 radical (unpaired) electrons. The lowest BCUT2D eigenvalue weighted by molar-refractivity contribution is -0.132. The first-order valence-electron chi connectivity index (χ1n) is 6.18. The highest BCUT2D eigenvalue weighted by Gasteiger charge is 2.21. The van der Waals surface area contributed by atoms with E-state index in [1.165, 1.54) is 12.5 Å². The fourth-order valence-electron chi connectivity index (χ4n) is 2.33. The number of hydrogen-bond acceptors (Lipinski definition) is 1. The number of halogens is 1. The van der Waals surface area contributed by atoms with Gasteiger partial charge in [0.1, 0.15) is 5.82 Å². The van der Waals surface area contributed by atoms with E-state index in [0.29, 0.717) is 11.5 Å². The molecule has 0 bridgehead atoms. The quantitative estimate of drug-likeness (QED) is 0.771. The molecule has 1 aromatic rings. The van der Waals surface area contributed by atoms with E-state index in [4.69, 9.17) is 0 Å². The summed E-state index contributed by atoms with van der Waals surface area (Å²) in [4.78, 5) is 13.9. The van der Waals surface area contributed by atoms with Crippen molar-refractivity contribution in [1.29, 1.82) is 0 Å². The second kappa shape index (κ2) is 5.30. The summed E-state index contributed by atoms with van der Waals surface area (Å²) in [5, 5.41) is 0. The monoisotopic (exact) mass is 235 g/mol. The minimum atomic E-state index is -0.286. The molecule has 0 spiro atoms. The highest BCUT2D eigenvalue weighted by Crippen LogP contribution is 2.17. The molecule has 1 saturated heterocycles. The Morgan fingerprint density at radius 2 is 2.24 bits per heavy atom. The number of likely N-dealkylation sites (tertiary alicyclic amines) is 1. The van der Waals surface area contributed by atoms with Gasteiger partial charge in [-0.3, -0.25) is 4.79 Å². The molecule has 1 aliphatic heterocycles. The van der Waals surface area contributed by atoms with Gasteiger partial charge in [-0.15, -0.1) is 0 Å². The SMILES string of the molecule is C[C@@H]1CCCN(C(=O)Cc2ccccc2F)C1. The number of nitrogens with zero attached hydrogens (tertiary/aromatic N) is 1. The normalized spacial score (nSPS) is 20.4. The van der Waals surface area contributed by atoms with E-state index in [2.05, 4.69) is 6.92 Å². The van der Waals surface area contributed by atoms with Gasteiger partial charge < -0.3 is 4.90 Å². The second-order valence-electron chi connectivity index (χ2n) is 4.86. The summed E-state index contributed by atoms with van der Waals surface area (Å²) in [6.07, 6.45) is 2.42. The maximum absolute atomic E-state index is 13.4. The molecule has 0 aliphatic carbocycles. The van der Waals surface area contributed by atoms with Crippen molar-refractivity contribution < 1.29 is 9.18 Å². The van der Waals surface area contributed by atoms with Crippen LogP contribution in [-0.2, 0) is 11.2 Å². The van der Waals surface area contributed by atoms with Crippen molar-refractivity contribution in [1.82, 2.24) is 4.90 Å². The molecule has 2 rings (SSSR count). The van der Waals surface area contributed by atoms with E-state index in [0.717, 1.165) is 19.5 Å². The van der Waals surface area contributed by atoms with Crippen molar-refractivity contribution in [2.75, 3.05) is 13.1 Å². The zero-order valence-electron chi connectivity index (χ0n) is 10.2. The van der Waals surface area contributed by atoms with Gasteiger partial charge in [0.05, 0.1) is 6.42 Å². The molecule has 17 heavy (non-hydrogen) atoms. The number of rotatable bonds is 2. The first-order chi connectivity index (χ1) is 8.16. The van der Waals surface area contributed by atoms with Crippen LogP contribution < -0.4 is 0 Å². The van der Waals surface area contributed by atoms with Crippen LogP contribution >= 0.6 is 0 Å². The molecule has 1 heterocycles.